The monoisotopic (exact) mass is 194 g/mol. The zero-order valence-corrected chi connectivity index (χ0v) is 8.79. The Morgan fingerprint density at radius 1 is 1.21 bits per heavy atom. The molecule has 1 heterocycles. The number of unbranched alkanes of at least 4 members (excludes halogenated alkanes) is 4. The lowest BCUT2D eigenvalue weighted by Crippen LogP contribution is -1.83. The summed E-state index contributed by atoms with van der Waals surface area (Å²) in [6, 6.07) is 3.62. The average Bonchev–Trinajstić information content (AvgIpc) is 2.65. The van der Waals surface area contributed by atoms with Crippen LogP contribution in [0.3, 0.4) is 0 Å². The molecule has 0 N–H and O–H groups in total. The Morgan fingerprint density at radius 3 is 2.64 bits per heavy atom. The largest absolute Gasteiger partial charge is 0.458 e. The predicted molar refractivity (Wildman–Crippen MR) is 56.6 cm³/mol. The Balaban J connectivity index is 2.14. The molecule has 0 saturated heterocycles. The minimum atomic E-state index is 0.438. The Kier molecular flexibility index (Phi) is 5.05. The SMILES string of the molecule is CCCCCCCc1ccc(C=O)o1. The maximum atomic E-state index is 10.3. The van der Waals surface area contributed by atoms with Crippen LogP contribution in [0, 0.1) is 0 Å². The standard InChI is InChI=1S/C12H18O2/c1-2-3-4-5-6-7-11-8-9-12(10-13)14-11/h8-10H,2-7H2,1H3. The van der Waals surface area contributed by atoms with Gasteiger partial charge in [0.25, 0.3) is 0 Å². The van der Waals surface area contributed by atoms with Crippen molar-refractivity contribution in [2.24, 2.45) is 0 Å². The number of hydrogen-bond acceptors (Lipinski definition) is 2. The zero-order valence-electron chi connectivity index (χ0n) is 8.79. The second-order valence-corrected chi connectivity index (χ2v) is 3.59. The molecule has 14 heavy (non-hydrogen) atoms. The molecular weight excluding hydrogens is 176 g/mol. The highest BCUT2D eigenvalue weighted by Crippen LogP contribution is 2.11. The van der Waals surface area contributed by atoms with Crippen LogP contribution < -0.4 is 0 Å². The molecule has 0 radical (unpaired) electrons. The van der Waals surface area contributed by atoms with Crippen molar-refractivity contribution in [1.82, 2.24) is 0 Å². The van der Waals surface area contributed by atoms with Crippen LogP contribution in [0.25, 0.3) is 0 Å². The van der Waals surface area contributed by atoms with Crippen molar-refractivity contribution in [3.63, 3.8) is 0 Å². The molecule has 2 heteroatoms. The molecule has 0 fully saturated rings. The van der Waals surface area contributed by atoms with E-state index in [1.807, 2.05) is 6.07 Å². The van der Waals surface area contributed by atoms with E-state index in [0.717, 1.165) is 24.9 Å². The van der Waals surface area contributed by atoms with Crippen LogP contribution in [0.15, 0.2) is 16.5 Å². The molecule has 0 saturated carbocycles. The molecule has 0 aromatic carbocycles. The highest BCUT2D eigenvalue weighted by atomic mass is 16.3. The summed E-state index contributed by atoms with van der Waals surface area (Å²) < 4.78 is 5.27. The number of carbonyl (C=O) groups is 1. The van der Waals surface area contributed by atoms with Crippen LogP contribution in [0.2, 0.25) is 0 Å². The second kappa shape index (κ2) is 6.41. The van der Waals surface area contributed by atoms with E-state index in [0.29, 0.717) is 5.76 Å². The van der Waals surface area contributed by atoms with Crippen molar-refractivity contribution in [1.29, 1.82) is 0 Å². The number of aldehydes is 1. The zero-order chi connectivity index (χ0) is 10.2. The van der Waals surface area contributed by atoms with E-state index in [1.54, 1.807) is 6.07 Å². The molecule has 0 spiro atoms. The summed E-state index contributed by atoms with van der Waals surface area (Å²) in [5.41, 5.74) is 0. The van der Waals surface area contributed by atoms with Gasteiger partial charge in [0.15, 0.2) is 12.0 Å². The van der Waals surface area contributed by atoms with E-state index in [-0.39, 0.29) is 0 Å². The first-order valence-electron chi connectivity index (χ1n) is 5.40. The molecule has 78 valence electrons. The summed E-state index contributed by atoms with van der Waals surface area (Å²) >= 11 is 0. The summed E-state index contributed by atoms with van der Waals surface area (Å²) in [6.45, 7) is 2.21. The Hall–Kier alpha value is -1.05. The Bertz CT molecular complexity index is 263. The highest BCUT2D eigenvalue weighted by molar-refractivity contribution is 5.70. The van der Waals surface area contributed by atoms with Gasteiger partial charge < -0.3 is 4.42 Å². The summed E-state index contributed by atoms with van der Waals surface area (Å²) in [5.74, 6) is 1.37. The van der Waals surface area contributed by atoms with Crippen molar-refractivity contribution >= 4 is 6.29 Å². The summed E-state index contributed by atoms with van der Waals surface area (Å²) in [4.78, 5) is 10.3. The van der Waals surface area contributed by atoms with Crippen molar-refractivity contribution in [2.45, 2.75) is 45.4 Å². The van der Waals surface area contributed by atoms with E-state index in [4.69, 9.17) is 4.42 Å². The number of carbonyl (C=O) groups excluding carboxylic acids is 1. The summed E-state index contributed by atoms with van der Waals surface area (Å²) in [7, 11) is 0. The molecule has 0 amide bonds. The van der Waals surface area contributed by atoms with E-state index >= 15 is 0 Å². The second-order valence-electron chi connectivity index (χ2n) is 3.59. The van der Waals surface area contributed by atoms with Crippen LogP contribution in [0.1, 0.15) is 55.3 Å². The summed E-state index contributed by atoms with van der Waals surface area (Å²) in [5, 5.41) is 0. The topological polar surface area (TPSA) is 30.2 Å². The first-order valence-corrected chi connectivity index (χ1v) is 5.40. The van der Waals surface area contributed by atoms with Gasteiger partial charge in [0.1, 0.15) is 5.76 Å². The molecular formula is C12H18O2. The normalized spacial score (nSPS) is 10.4. The molecule has 1 rings (SSSR count). The lowest BCUT2D eigenvalue weighted by Gasteiger charge is -1.97. The molecule has 0 aliphatic heterocycles. The van der Waals surface area contributed by atoms with Crippen LogP contribution in [0.5, 0.6) is 0 Å². The fraction of sp³-hybridized carbons (Fsp3) is 0.583. The third-order valence-corrected chi connectivity index (χ3v) is 2.33. The van der Waals surface area contributed by atoms with Crippen molar-refractivity contribution in [2.75, 3.05) is 0 Å². The van der Waals surface area contributed by atoms with E-state index in [9.17, 15) is 4.79 Å². The molecule has 0 atom stereocenters. The third-order valence-electron chi connectivity index (χ3n) is 2.33. The van der Waals surface area contributed by atoms with Gasteiger partial charge in [0.05, 0.1) is 0 Å². The van der Waals surface area contributed by atoms with E-state index < -0.39 is 0 Å². The van der Waals surface area contributed by atoms with Gasteiger partial charge in [0.2, 0.25) is 0 Å². The molecule has 2 nitrogen and oxygen atoms in total. The highest BCUT2D eigenvalue weighted by Gasteiger charge is 1.99. The summed E-state index contributed by atoms with van der Waals surface area (Å²) in [6.07, 6.45) is 8.01. The number of hydrogen-bond donors (Lipinski definition) is 0. The smallest absolute Gasteiger partial charge is 0.185 e. The minimum Gasteiger partial charge on any atom is -0.458 e. The molecule has 0 bridgehead atoms. The van der Waals surface area contributed by atoms with Crippen LogP contribution in [-0.4, -0.2) is 6.29 Å². The Morgan fingerprint density at radius 2 is 2.00 bits per heavy atom. The van der Waals surface area contributed by atoms with Crippen molar-refractivity contribution in [3.05, 3.63) is 23.7 Å². The maximum absolute atomic E-state index is 10.3. The minimum absolute atomic E-state index is 0.438. The molecule has 1 aromatic heterocycles. The molecule has 0 unspecified atom stereocenters. The molecule has 0 aliphatic rings. The molecule has 1 aromatic rings. The first-order chi connectivity index (χ1) is 6.86. The van der Waals surface area contributed by atoms with Crippen LogP contribution in [-0.2, 0) is 6.42 Å². The van der Waals surface area contributed by atoms with Gasteiger partial charge in [-0.2, -0.15) is 0 Å². The average molecular weight is 194 g/mol. The van der Waals surface area contributed by atoms with Crippen molar-refractivity contribution in [3.8, 4) is 0 Å². The quantitative estimate of drug-likeness (QED) is 0.490. The van der Waals surface area contributed by atoms with Gasteiger partial charge in [-0.15, -0.1) is 0 Å². The molecule has 0 aliphatic carbocycles. The van der Waals surface area contributed by atoms with Gasteiger partial charge in [-0.3, -0.25) is 4.79 Å². The van der Waals surface area contributed by atoms with Crippen molar-refractivity contribution < 1.29 is 9.21 Å². The third kappa shape index (κ3) is 3.77. The lowest BCUT2D eigenvalue weighted by atomic mass is 10.1. The number of rotatable bonds is 7. The maximum Gasteiger partial charge on any atom is 0.185 e. The predicted octanol–water partition coefficient (Wildman–Crippen LogP) is 3.61. The van der Waals surface area contributed by atoms with Gasteiger partial charge in [0, 0.05) is 6.42 Å². The fourth-order valence-corrected chi connectivity index (χ4v) is 1.49. The van der Waals surface area contributed by atoms with E-state index in [1.165, 1.54) is 25.7 Å². The van der Waals surface area contributed by atoms with Gasteiger partial charge >= 0.3 is 0 Å². The Labute approximate surface area is 85.3 Å². The van der Waals surface area contributed by atoms with Gasteiger partial charge in [-0.1, -0.05) is 32.6 Å². The number of aryl methyl sites for hydroxylation is 1. The first kappa shape index (κ1) is 11.0. The number of furan rings is 1. The lowest BCUT2D eigenvalue weighted by molar-refractivity contribution is 0.109. The van der Waals surface area contributed by atoms with Gasteiger partial charge in [-0.25, -0.2) is 0 Å². The van der Waals surface area contributed by atoms with Crippen LogP contribution in [0.4, 0.5) is 0 Å². The fourth-order valence-electron chi connectivity index (χ4n) is 1.49. The van der Waals surface area contributed by atoms with Gasteiger partial charge in [-0.05, 0) is 18.6 Å². The van der Waals surface area contributed by atoms with E-state index in [2.05, 4.69) is 6.92 Å². The van der Waals surface area contributed by atoms with Crippen LogP contribution >= 0.6 is 0 Å².